The topological polar surface area (TPSA) is 35.5 Å². The lowest BCUT2D eigenvalue weighted by atomic mass is 9.94. The Balaban J connectivity index is 2.36. The number of methoxy groups -OCH3 is 1. The lowest BCUT2D eigenvalue weighted by Crippen LogP contribution is -2.28. The molecule has 0 saturated heterocycles. The maximum absolute atomic E-state index is 12.0. The SMILES string of the molecule is COC(=O)c1cc2ccccc2c2c1C=CC(C)(C)O2. The fourth-order valence-corrected chi connectivity index (χ4v) is 2.47. The van der Waals surface area contributed by atoms with Gasteiger partial charge in [-0.3, -0.25) is 0 Å². The maximum atomic E-state index is 12.0. The van der Waals surface area contributed by atoms with E-state index in [9.17, 15) is 4.79 Å². The predicted octanol–water partition coefficient (Wildman–Crippen LogP) is 3.81. The van der Waals surface area contributed by atoms with Crippen molar-refractivity contribution in [3.63, 3.8) is 0 Å². The summed E-state index contributed by atoms with van der Waals surface area (Å²) in [6, 6.07) is 9.74. The molecule has 1 heterocycles. The summed E-state index contributed by atoms with van der Waals surface area (Å²) < 4.78 is 10.9. The van der Waals surface area contributed by atoms with E-state index in [-0.39, 0.29) is 11.6 Å². The summed E-state index contributed by atoms with van der Waals surface area (Å²) in [5.41, 5.74) is 0.938. The van der Waals surface area contributed by atoms with Gasteiger partial charge in [0.1, 0.15) is 11.4 Å². The van der Waals surface area contributed by atoms with Crippen LogP contribution in [0, 0.1) is 0 Å². The fourth-order valence-electron chi connectivity index (χ4n) is 2.47. The number of carbonyl (C=O) groups excluding carboxylic acids is 1. The van der Waals surface area contributed by atoms with Crippen LogP contribution in [0.2, 0.25) is 0 Å². The second-order valence-electron chi connectivity index (χ2n) is 5.42. The Morgan fingerprint density at radius 1 is 1.25 bits per heavy atom. The third-order valence-corrected chi connectivity index (χ3v) is 3.46. The van der Waals surface area contributed by atoms with E-state index in [2.05, 4.69) is 0 Å². The minimum Gasteiger partial charge on any atom is -0.482 e. The van der Waals surface area contributed by atoms with Gasteiger partial charge in [0.2, 0.25) is 0 Å². The van der Waals surface area contributed by atoms with E-state index < -0.39 is 0 Å². The van der Waals surface area contributed by atoms with Crippen LogP contribution in [0.3, 0.4) is 0 Å². The van der Waals surface area contributed by atoms with Crippen molar-refractivity contribution < 1.29 is 14.3 Å². The highest BCUT2D eigenvalue weighted by molar-refractivity contribution is 6.03. The molecule has 0 aromatic heterocycles. The Bertz CT molecular complexity index is 726. The van der Waals surface area contributed by atoms with E-state index in [1.165, 1.54) is 7.11 Å². The summed E-state index contributed by atoms with van der Waals surface area (Å²) in [4.78, 5) is 12.0. The molecule has 0 N–H and O–H groups in total. The maximum Gasteiger partial charge on any atom is 0.338 e. The van der Waals surface area contributed by atoms with Crippen LogP contribution in [-0.2, 0) is 4.74 Å². The molecule has 3 nitrogen and oxygen atoms in total. The van der Waals surface area contributed by atoms with Gasteiger partial charge in [-0.15, -0.1) is 0 Å². The van der Waals surface area contributed by atoms with E-state index in [1.807, 2.05) is 56.3 Å². The van der Waals surface area contributed by atoms with Crippen molar-refractivity contribution in [2.45, 2.75) is 19.4 Å². The zero-order valence-electron chi connectivity index (χ0n) is 11.8. The molecule has 0 unspecified atom stereocenters. The number of ether oxygens (including phenoxy) is 2. The number of esters is 1. The number of fused-ring (bicyclic) bond motifs is 3. The van der Waals surface area contributed by atoms with Crippen LogP contribution in [0.1, 0.15) is 29.8 Å². The summed E-state index contributed by atoms with van der Waals surface area (Å²) in [5.74, 6) is 0.399. The summed E-state index contributed by atoms with van der Waals surface area (Å²) in [6.45, 7) is 3.98. The Labute approximate surface area is 117 Å². The van der Waals surface area contributed by atoms with Crippen molar-refractivity contribution in [2.24, 2.45) is 0 Å². The van der Waals surface area contributed by atoms with E-state index in [0.717, 1.165) is 22.1 Å². The van der Waals surface area contributed by atoms with Gasteiger partial charge in [0.05, 0.1) is 12.7 Å². The first-order chi connectivity index (χ1) is 9.52. The molecule has 102 valence electrons. The summed E-state index contributed by atoms with van der Waals surface area (Å²) >= 11 is 0. The molecule has 0 bridgehead atoms. The quantitative estimate of drug-likeness (QED) is 0.738. The Morgan fingerprint density at radius 2 is 2.00 bits per heavy atom. The number of benzene rings is 2. The third kappa shape index (κ3) is 1.95. The Morgan fingerprint density at radius 3 is 2.75 bits per heavy atom. The number of hydrogen-bond acceptors (Lipinski definition) is 3. The average Bonchev–Trinajstić information content (AvgIpc) is 2.44. The highest BCUT2D eigenvalue weighted by Crippen LogP contribution is 2.39. The lowest BCUT2D eigenvalue weighted by molar-refractivity contribution is 0.0599. The molecule has 1 aliphatic heterocycles. The highest BCUT2D eigenvalue weighted by Gasteiger charge is 2.27. The van der Waals surface area contributed by atoms with Gasteiger partial charge in [-0.05, 0) is 31.4 Å². The summed E-state index contributed by atoms with van der Waals surface area (Å²) in [7, 11) is 1.39. The van der Waals surface area contributed by atoms with Gasteiger partial charge >= 0.3 is 5.97 Å². The summed E-state index contributed by atoms with van der Waals surface area (Å²) in [5, 5.41) is 1.98. The van der Waals surface area contributed by atoms with Gasteiger partial charge in [-0.25, -0.2) is 4.79 Å². The van der Waals surface area contributed by atoms with Gasteiger partial charge in [0.25, 0.3) is 0 Å². The number of carbonyl (C=O) groups is 1. The molecule has 0 atom stereocenters. The van der Waals surface area contributed by atoms with Crippen LogP contribution >= 0.6 is 0 Å². The smallest absolute Gasteiger partial charge is 0.338 e. The van der Waals surface area contributed by atoms with Crippen molar-refractivity contribution in [1.82, 2.24) is 0 Å². The molecule has 1 aliphatic rings. The Kier molecular flexibility index (Phi) is 2.78. The molecule has 20 heavy (non-hydrogen) atoms. The molecule has 3 rings (SSSR count). The van der Waals surface area contributed by atoms with Gasteiger partial charge in [-0.2, -0.15) is 0 Å². The molecule has 0 amide bonds. The second kappa shape index (κ2) is 4.37. The molecule has 0 spiro atoms. The van der Waals surface area contributed by atoms with Crippen molar-refractivity contribution in [3.8, 4) is 5.75 Å². The largest absolute Gasteiger partial charge is 0.482 e. The van der Waals surface area contributed by atoms with E-state index in [1.54, 1.807) is 0 Å². The summed E-state index contributed by atoms with van der Waals surface area (Å²) in [6.07, 6.45) is 3.90. The van der Waals surface area contributed by atoms with E-state index in [4.69, 9.17) is 9.47 Å². The van der Waals surface area contributed by atoms with Crippen LogP contribution in [0.15, 0.2) is 36.4 Å². The zero-order valence-corrected chi connectivity index (χ0v) is 11.8. The van der Waals surface area contributed by atoms with Crippen molar-refractivity contribution in [1.29, 1.82) is 0 Å². The van der Waals surface area contributed by atoms with Crippen LogP contribution in [0.4, 0.5) is 0 Å². The molecule has 0 fully saturated rings. The van der Waals surface area contributed by atoms with Crippen LogP contribution in [-0.4, -0.2) is 18.7 Å². The highest BCUT2D eigenvalue weighted by atomic mass is 16.5. The standard InChI is InChI=1S/C17H16O3/c1-17(2)9-8-13-14(16(18)19-3)10-11-6-4-5-7-12(11)15(13)20-17/h4-10H,1-3H3. The molecule has 3 heteroatoms. The monoisotopic (exact) mass is 268 g/mol. The molecular weight excluding hydrogens is 252 g/mol. The first kappa shape index (κ1) is 12.7. The number of rotatable bonds is 1. The number of hydrogen-bond donors (Lipinski definition) is 0. The minimum atomic E-state index is -0.384. The molecule has 0 aliphatic carbocycles. The van der Waals surface area contributed by atoms with Crippen LogP contribution in [0.25, 0.3) is 16.8 Å². The molecular formula is C17H16O3. The first-order valence-electron chi connectivity index (χ1n) is 6.54. The third-order valence-electron chi connectivity index (χ3n) is 3.46. The Hall–Kier alpha value is -2.29. The van der Waals surface area contributed by atoms with Gasteiger partial charge in [0.15, 0.2) is 0 Å². The van der Waals surface area contributed by atoms with E-state index >= 15 is 0 Å². The molecule has 2 aromatic rings. The van der Waals surface area contributed by atoms with Crippen LogP contribution in [0.5, 0.6) is 5.75 Å². The van der Waals surface area contributed by atoms with Crippen molar-refractivity contribution in [3.05, 3.63) is 47.5 Å². The zero-order chi connectivity index (χ0) is 14.3. The second-order valence-corrected chi connectivity index (χ2v) is 5.42. The first-order valence-corrected chi connectivity index (χ1v) is 6.54. The van der Waals surface area contributed by atoms with Gasteiger partial charge < -0.3 is 9.47 Å². The van der Waals surface area contributed by atoms with Crippen molar-refractivity contribution >= 4 is 22.8 Å². The van der Waals surface area contributed by atoms with Crippen LogP contribution < -0.4 is 4.74 Å². The fraction of sp³-hybridized carbons (Fsp3) is 0.235. The molecule has 0 radical (unpaired) electrons. The average molecular weight is 268 g/mol. The lowest BCUT2D eigenvalue weighted by Gasteiger charge is -2.29. The molecule has 2 aromatic carbocycles. The predicted molar refractivity (Wildman–Crippen MR) is 79.0 cm³/mol. The van der Waals surface area contributed by atoms with Gasteiger partial charge in [0, 0.05) is 10.9 Å². The minimum absolute atomic E-state index is 0.347. The van der Waals surface area contributed by atoms with Crippen molar-refractivity contribution in [2.75, 3.05) is 7.11 Å². The van der Waals surface area contributed by atoms with Gasteiger partial charge in [-0.1, -0.05) is 30.3 Å². The normalized spacial score (nSPS) is 15.6. The van der Waals surface area contributed by atoms with E-state index in [0.29, 0.717) is 5.56 Å². The molecule has 0 saturated carbocycles.